The molecule has 0 unspecified atom stereocenters. The lowest BCUT2D eigenvalue weighted by molar-refractivity contribution is -0.384. The molecule has 194 valence electrons. The van der Waals surface area contributed by atoms with Crippen molar-refractivity contribution in [2.75, 3.05) is 13.7 Å². The summed E-state index contributed by atoms with van der Waals surface area (Å²) in [6.45, 7) is 11.7. The van der Waals surface area contributed by atoms with Gasteiger partial charge in [0, 0.05) is 18.2 Å². The van der Waals surface area contributed by atoms with Gasteiger partial charge in [-0.1, -0.05) is 74.9 Å². The zero-order valence-electron chi connectivity index (χ0n) is 20.7. The molecule has 1 aromatic rings. The Labute approximate surface area is 218 Å². The second-order valence-electron chi connectivity index (χ2n) is 5.93. The molecule has 1 saturated heterocycles. The number of benzene rings is 1. The predicted octanol–water partition coefficient (Wildman–Crippen LogP) is 6.39. The number of allylic oxidation sites excluding steroid dienone is 4. The van der Waals surface area contributed by atoms with Crippen LogP contribution in [0.1, 0.15) is 39.7 Å². The molecule has 1 atom stereocenters. The van der Waals surface area contributed by atoms with E-state index in [1.165, 1.54) is 12.1 Å². The minimum Gasteiger partial charge on any atom is -0.447 e. The van der Waals surface area contributed by atoms with Crippen LogP contribution in [0.25, 0.3) is 0 Å². The number of carbonyl (C=O) groups is 2. The molecule has 8 nitrogen and oxygen atoms in total. The van der Waals surface area contributed by atoms with Crippen LogP contribution in [-0.4, -0.2) is 47.2 Å². The summed E-state index contributed by atoms with van der Waals surface area (Å²) in [4.78, 5) is 32.9. The normalized spacial score (nSPS) is 13.9. The van der Waals surface area contributed by atoms with Crippen LogP contribution in [-0.2, 0) is 16.0 Å². The van der Waals surface area contributed by atoms with Crippen LogP contribution in [0, 0.1) is 23.0 Å². The SMILES string of the molecule is C#C.C=C/C=C(\C=C/C)C[C@@H]1COC(=O)N1C=O.CC.CCc1cc([N+](=O)[O-])c(Cl)cc1Cl.CO. The van der Waals surface area contributed by atoms with Gasteiger partial charge in [0.15, 0.2) is 0 Å². The molecular weight excluding hydrogens is 495 g/mol. The van der Waals surface area contributed by atoms with E-state index in [4.69, 9.17) is 33.0 Å². The molecule has 1 fully saturated rings. The smallest absolute Gasteiger partial charge is 0.416 e. The third-order valence-corrected chi connectivity index (χ3v) is 4.65. The molecule has 0 bridgehead atoms. The van der Waals surface area contributed by atoms with Gasteiger partial charge in [-0.25, -0.2) is 9.69 Å². The molecule has 10 heteroatoms. The number of hydrogen-bond donors (Lipinski definition) is 1. The summed E-state index contributed by atoms with van der Waals surface area (Å²) >= 11 is 11.4. The van der Waals surface area contributed by atoms with E-state index in [0.29, 0.717) is 24.3 Å². The minimum atomic E-state index is -0.571. The van der Waals surface area contributed by atoms with Crippen molar-refractivity contribution in [1.82, 2.24) is 4.90 Å². The number of cyclic esters (lactones) is 1. The summed E-state index contributed by atoms with van der Waals surface area (Å²) in [5, 5.41) is 18.0. The molecule has 2 amide bonds. The maximum atomic E-state index is 11.1. The van der Waals surface area contributed by atoms with Gasteiger partial charge in [0.2, 0.25) is 6.41 Å². The van der Waals surface area contributed by atoms with Crippen LogP contribution in [0.15, 0.2) is 48.6 Å². The first kappa shape index (κ1) is 36.4. The van der Waals surface area contributed by atoms with Crippen molar-refractivity contribution >= 4 is 41.4 Å². The van der Waals surface area contributed by atoms with Crippen molar-refractivity contribution in [2.45, 2.75) is 46.6 Å². The van der Waals surface area contributed by atoms with Crippen LogP contribution >= 0.6 is 23.2 Å². The molecule has 1 aliphatic rings. The molecule has 0 saturated carbocycles. The highest BCUT2D eigenvalue weighted by atomic mass is 35.5. The summed E-state index contributed by atoms with van der Waals surface area (Å²) < 4.78 is 4.80. The van der Waals surface area contributed by atoms with Gasteiger partial charge in [-0.2, -0.15) is 0 Å². The molecule has 1 aromatic carbocycles. The monoisotopic (exact) mass is 528 g/mol. The van der Waals surface area contributed by atoms with Gasteiger partial charge < -0.3 is 9.84 Å². The molecular formula is C25H34Cl2N2O6. The second-order valence-corrected chi connectivity index (χ2v) is 6.74. The Hall–Kier alpha value is -3.12. The van der Waals surface area contributed by atoms with Gasteiger partial charge in [0.25, 0.3) is 5.69 Å². The van der Waals surface area contributed by atoms with Gasteiger partial charge in [0.1, 0.15) is 11.6 Å². The first-order valence-corrected chi connectivity index (χ1v) is 11.3. The Morgan fingerprint density at radius 3 is 2.31 bits per heavy atom. The molecule has 0 spiro atoms. The molecule has 1 heterocycles. The molecule has 35 heavy (non-hydrogen) atoms. The van der Waals surface area contributed by atoms with E-state index < -0.39 is 11.0 Å². The first-order chi connectivity index (χ1) is 16.8. The number of hydrogen-bond acceptors (Lipinski definition) is 6. The number of ether oxygens (including phenoxy) is 1. The van der Waals surface area contributed by atoms with E-state index in [1.54, 1.807) is 6.08 Å². The van der Waals surface area contributed by atoms with Crippen LogP contribution in [0.3, 0.4) is 0 Å². The maximum Gasteiger partial charge on any atom is 0.416 e. The van der Waals surface area contributed by atoms with E-state index in [0.717, 1.165) is 23.1 Å². The number of nitro groups is 1. The number of aryl methyl sites for hydroxylation is 1. The lowest BCUT2D eigenvalue weighted by Gasteiger charge is -2.14. The highest BCUT2D eigenvalue weighted by Crippen LogP contribution is 2.30. The van der Waals surface area contributed by atoms with Crippen molar-refractivity contribution in [1.29, 1.82) is 0 Å². The van der Waals surface area contributed by atoms with Crippen molar-refractivity contribution in [3.05, 3.63) is 74.3 Å². The van der Waals surface area contributed by atoms with Crippen LogP contribution < -0.4 is 0 Å². The number of carbonyl (C=O) groups excluding carboxylic acids is 2. The van der Waals surface area contributed by atoms with Crippen molar-refractivity contribution in [2.24, 2.45) is 0 Å². The zero-order chi connectivity index (χ0) is 28.0. The number of halogens is 2. The minimum absolute atomic E-state index is 0.0761. The number of aliphatic hydroxyl groups is 1. The fourth-order valence-corrected chi connectivity index (χ4v) is 3.16. The Kier molecular flexibility index (Phi) is 23.6. The third kappa shape index (κ3) is 13.4. The van der Waals surface area contributed by atoms with Crippen molar-refractivity contribution in [3.8, 4) is 12.8 Å². The lowest BCUT2D eigenvalue weighted by Crippen LogP contribution is -2.32. The van der Waals surface area contributed by atoms with E-state index >= 15 is 0 Å². The fourth-order valence-electron chi connectivity index (χ4n) is 2.58. The van der Waals surface area contributed by atoms with E-state index in [9.17, 15) is 19.7 Å². The number of nitrogens with zero attached hydrogens (tertiary/aromatic N) is 2. The van der Waals surface area contributed by atoms with Gasteiger partial charge >= 0.3 is 6.09 Å². The van der Waals surface area contributed by atoms with E-state index in [2.05, 4.69) is 19.4 Å². The van der Waals surface area contributed by atoms with Crippen LogP contribution in [0.4, 0.5) is 10.5 Å². The molecule has 0 aromatic heterocycles. The molecule has 1 N–H and O–H groups in total. The topological polar surface area (TPSA) is 110 Å². The predicted molar refractivity (Wildman–Crippen MR) is 143 cm³/mol. The highest BCUT2D eigenvalue weighted by Gasteiger charge is 2.32. The third-order valence-electron chi connectivity index (χ3n) is 3.99. The molecule has 0 radical (unpaired) electrons. The van der Waals surface area contributed by atoms with Gasteiger partial charge in [-0.15, -0.1) is 12.8 Å². The largest absolute Gasteiger partial charge is 0.447 e. The van der Waals surface area contributed by atoms with Gasteiger partial charge in [0.05, 0.1) is 11.0 Å². The van der Waals surface area contributed by atoms with E-state index in [1.807, 2.05) is 45.9 Å². The van der Waals surface area contributed by atoms with Gasteiger partial charge in [-0.05, 0) is 37.0 Å². The number of nitro benzene ring substituents is 1. The Bertz CT molecular complexity index is 882. The molecule has 0 aliphatic carbocycles. The quantitative estimate of drug-likeness (QED) is 0.144. The summed E-state index contributed by atoms with van der Waals surface area (Å²) in [6.07, 6.45) is 16.5. The zero-order valence-corrected chi connectivity index (χ0v) is 22.3. The van der Waals surface area contributed by atoms with E-state index in [-0.39, 0.29) is 23.4 Å². The van der Waals surface area contributed by atoms with Crippen molar-refractivity contribution in [3.63, 3.8) is 0 Å². The Balaban J connectivity index is -0.000000488. The summed E-state index contributed by atoms with van der Waals surface area (Å²) in [5.74, 6) is 0. The Morgan fingerprint density at radius 2 is 1.89 bits per heavy atom. The number of terminal acetylenes is 1. The number of rotatable bonds is 7. The number of amides is 2. The van der Waals surface area contributed by atoms with Crippen LogP contribution in [0.5, 0.6) is 0 Å². The summed E-state index contributed by atoms with van der Waals surface area (Å²) in [7, 11) is 1.00. The Morgan fingerprint density at radius 1 is 1.31 bits per heavy atom. The summed E-state index contributed by atoms with van der Waals surface area (Å²) in [6, 6.07) is 2.59. The fraction of sp³-hybridized carbons (Fsp3) is 0.360. The number of aliphatic hydroxyl groups excluding tert-OH is 1. The standard InChI is InChI=1S/C12H15NO3.C8H7Cl2NO2.C2H6.C2H2.CH4O/c1-3-5-10(6-4-2)7-11-8-16-12(15)13(11)9-14;1-2-5-3-8(11(12)13)7(10)4-6(5)9;3*1-2/h3-6,9,11H,1,7-8H2,2H3;3-4H,2H2,1H3;1-2H3;1-2H;2H,1H3/b6-4-,10-5+;;;;/t11-;;;;/m1..../s1. The lowest BCUT2D eigenvalue weighted by atomic mass is 10.1. The average molecular weight is 529 g/mol. The van der Waals surface area contributed by atoms with Crippen molar-refractivity contribution < 1.29 is 24.4 Å². The first-order valence-electron chi connectivity index (χ1n) is 10.5. The maximum absolute atomic E-state index is 11.1. The average Bonchev–Trinajstić information content (AvgIpc) is 3.22. The van der Waals surface area contributed by atoms with Gasteiger partial charge in [-0.3, -0.25) is 14.9 Å². The highest BCUT2D eigenvalue weighted by molar-refractivity contribution is 6.36. The molecule has 1 aliphatic heterocycles. The van der Waals surface area contributed by atoms with Crippen LogP contribution in [0.2, 0.25) is 10.0 Å². The molecule has 2 rings (SSSR count). The summed E-state index contributed by atoms with van der Waals surface area (Å²) in [5.41, 5.74) is 1.65. The number of imide groups is 1. The second kappa shape index (κ2) is 22.7.